The Kier molecular flexibility index (Phi) is 3.21. The molecule has 1 atom stereocenters. The van der Waals surface area contributed by atoms with Crippen molar-refractivity contribution >= 4 is 11.8 Å². The lowest BCUT2D eigenvalue weighted by Crippen LogP contribution is -2.06. The molecule has 0 aliphatic carbocycles. The number of H-pyrrole nitrogens is 1. The van der Waals surface area contributed by atoms with Gasteiger partial charge in [-0.3, -0.25) is 5.10 Å². The summed E-state index contributed by atoms with van der Waals surface area (Å²) in [4.78, 5) is 4.88. The van der Waals surface area contributed by atoms with E-state index in [-0.39, 0.29) is 11.9 Å². The van der Waals surface area contributed by atoms with Crippen LogP contribution in [0.1, 0.15) is 18.5 Å². The standard InChI is InChI=1S/C10H11FN4S/c1-6(12)8-4-7(11)2-3-9(8)16-10-13-5-14-15-10/h2-6H,12H2,1H3,(H,13,14,15)/t6-/m0/s1. The van der Waals surface area contributed by atoms with Crippen LogP contribution in [-0.4, -0.2) is 15.2 Å². The smallest absolute Gasteiger partial charge is 0.188 e. The Hall–Kier alpha value is -1.40. The Balaban J connectivity index is 2.33. The van der Waals surface area contributed by atoms with E-state index < -0.39 is 0 Å². The molecule has 6 heteroatoms. The molecule has 0 fully saturated rings. The zero-order valence-electron chi connectivity index (χ0n) is 8.64. The minimum absolute atomic E-state index is 0.221. The molecular weight excluding hydrogens is 227 g/mol. The molecule has 0 radical (unpaired) electrons. The highest BCUT2D eigenvalue weighted by molar-refractivity contribution is 7.99. The summed E-state index contributed by atoms with van der Waals surface area (Å²) in [6, 6.07) is 4.33. The van der Waals surface area contributed by atoms with E-state index in [9.17, 15) is 4.39 Å². The molecular formula is C10H11FN4S. The second-order valence-electron chi connectivity index (χ2n) is 3.36. The van der Waals surface area contributed by atoms with Crippen molar-refractivity contribution in [2.24, 2.45) is 5.73 Å². The first-order valence-corrected chi connectivity index (χ1v) is 5.56. The number of hydrogen-bond acceptors (Lipinski definition) is 4. The fraction of sp³-hybridized carbons (Fsp3) is 0.200. The summed E-state index contributed by atoms with van der Waals surface area (Å²) in [5.74, 6) is -0.283. The number of aromatic amines is 1. The minimum atomic E-state index is -0.283. The predicted octanol–water partition coefficient (Wildman–Crippen LogP) is 2.11. The van der Waals surface area contributed by atoms with Crippen LogP contribution in [0.2, 0.25) is 0 Å². The van der Waals surface area contributed by atoms with Crippen molar-refractivity contribution in [2.45, 2.75) is 23.0 Å². The van der Waals surface area contributed by atoms with Gasteiger partial charge in [0.15, 0.2) is 5.16 Å². The van der Waals surface area contributed by atoms with Gasteiger partial charge in [0.05, 0.1) is 0 Å². The molecule has 0 amide bonds. The predicted molar refractivity (Wildman–Crippen MR) is 59.5 cm³/mol. The average molecular weight is 238 g/mol. The number of nitrogens with one attached hydrogen (secondary N) is 1. The van der Waals surface area contributed by atoms with Crippen LogP contribution in [0.15, 0.2) is 34.6 Å². The third-order valence-corrected chi connectivity index (χ3v) is 3.04. The third-order valence-electron chi connectivity index (χ3n) is 2.06. The van der Waals surface area contributed by atoms with E-state index in [1.165, 1.54) is 30.2 Å². The van der Waals surface area contributed by atoms with Crippen molar-refractivity contribution in [3.05, 3.63) is 35.9 Å². The van der Waals surface area contributed by atoms with Crippen LogP contribution in [0.3, 0.4) is 0 Å². The summed E-state index contributed by atoms with van der Waals surface area (Å²) >= 11 is 1.38. The van der Waals surface area contributed by atoms with Gasteiger partial charge >= 0.3 is 0 Å². The SMILES string of the molecule is C[C@H](N)c1cc(F)ccc1Sc1ncn[nH]1. The Morgan fingerprint density at radius 1 is 1.50 bits per heavy atom. The molecule has 3 N–H and O–H groups in total. The Bertz CT molecular complexity index is 470. The van der Waals surface area contributed by atoms with Crippen LogP contribution < -0.4 is 5.73 Å². The van der Waals surface area contributed by atoms with E-state index in [2.05, 4.69) is 15.2 Å². The van der Waals surface area contributed by atoms with E-state index in [0.29, 0.717) is 5.16 Å². The number of hydrogen-bond donors (Lipinski definition) is 2. The fourth-order valence-electron chi connectivity index (χ4n) is 1.32. The van der Waals surface area contributed by atoms with Crippen molar-refractivity contribution in [3.8, 4) is 0 Å². The largest absolute Gasteiger partial charge is 0.324 e. The Morgan fingerprint density at radius 3 is 2.94 bits per heavy atom. The molecule has 0 aliphatic rings. The summed E-state index contributed by atoms with van der Waals surface area (Å²) < 4.78 is 13.1. The lowest BCUT2D eigenvalue weighted by molar-refractivity contribution is 0.619. The summed E-state index contributed by atoms with van der Waals surface area (Å²) in [6.45, 7) is 1.82. The maximum absolute atomic E-state index is 13.1. The van der Waals surface area contributed by atoms with Crippen LogP contribution in [0, 0.1) is 5.82 Å². The maximum atomic E-state index is 13.1. The summed E-state index contributed by atoms with van der Waals surface area (Å²) in [7, 11) is 0. The number of rotatable bonds is 3. The van der Waals surface area contributed by atoms with Crippen molar-refractivity contribution in [3.63, 3.8) is 0 Å². The summed E-state index contributed by atoms with van der Waals surface area (Å²) in [5.41, 5.74) is 6.55. The molecule has 0 bridgehead atoms. The summed E-state index contributed by atoms with van der Waals surface area (Å²) in [5, 5.41) is 7.14. The molecule has 84 valence electrons. The first-order valence-electron chi connectivity index (χ1n) is 4.75. The van der Waals surface area contributed by atoms with E-state index in [1.54, 1.807) is 6.07 Å². The van der Waals surface area contributed by atoms with Crippen LogP contribution >= 0.6 is 11.8 Å². The van der Waals surface area contributed by atoms with Gasteiger partial charge in [0, 0.05) is 10.9 Å². The lowest BCUT2D eigenvalue weighted by atomic mass is 10.1. The van der Waals surface area contributed by atoms with Crippen molar-refractivity contribution in [2.75, 3.05) is 0 Å². The van der Waals surface area contributed by atoms with Crippen LogP contribution in [-0.2, 0) is 0 Å². The van der Waals surface area contributed by atoms with Gasteiger partial charge in [-0.15, -0.1) is 0 Å². The van der Waals surface area contributed by atoms with Gasteiger partial charge in [0.25, 0.3) is 0 Å². The molecule has 4 nitrogen and oxygen atoms in total. The molecule has 0 saturated heterocycles. The second kappa shape index (κ2) is 4.63. The molecule has 0 saturated carbocycles. The third kappa shape index (κ3) is 2.40. The molecule has 1 aromatic carbocycles. The first kappa shape index (κ1) is 11.1. The number of benzene rings is 1. The Labute approximate surface area is 96.5 Å². The molecule has 1 heterocycles. The highest BCUT2D eigenvalue weighted by Gasteiger charge is 2.10. The number of aromatic nitrogens is 3. The van der Waals surface area contributed by atoms with E-state index in [4.69, 9.17) is 5.73 Å². The average Bonchev–Trinajstić information content (AvgIpc) is 2.73. The maximum Gasteiger partial charge on any atom is 0.188 e. The van der Waals surface area contributed by atoms with Crippen LogP contribution in [0.5, 0.6) is 0 Å². The van der Waals surface area contributed by atoms with Gasteiger partial charge in [-0.05, 0) is 30.7 Å². The summed E-state index contributed by atoms with van der Waals surface area (Å²) in [6.07, 6.45) is 1.43. The van der Waals surface area contributed by atoms with Crippen LogP contribution in [0.4, 0.5) is 4.39 Å². The highest BCUT2D eigenvalue weighted by atomic mass is 32.2. The molecule has 0 spiro atoms. The lowest BCUT2D eigenvalue weighted by Gasteiger charge is -2.10. The molecule has 0 unspecified atom stereocenters. The molecule has 16 heavy (non-hydrogen) atoms. The minimum Gasteiger partial charge on any atom is -0.324 e. The van der Waals surface area contributed by atoms with Gasteiger partial charge in [0.2, 0.25) is 0 Å². The van der Waals surface area contributed by atoms with Crippen molar-refractivity contribution in [1.82, 2.24) is 15.2 Å². The quantitative estimate of drug-likeness (QED) is 0.859. The van der Waals surface area contributed by atoms with Crippen molar-refractivity contribution in [1.29, 1.82) is 0 Å². The Morgan fingerprint density at radius 2 is 2.31 bits per heavy atom. The first-order chi connectivity index (χ1) is 7.66. The highest BCUT2D eigenvalue weighted by Crippen LogP contribution is 2.30. The van der Waals surface area contributed by atoms with Gasteiger partial charge in [-0.2, -0.15) is 5.10 Å². The van der Waals surface area contributed by atoms with E-state index in [1.807, 2.05) is 6.92 Å². The monoisotopic (exact) mass is 238 g/mol. The molecule has 2 rings (SSSR count). The van der Waals surface area contributed by atoms with Crippen molar-refractivity contribution < 1.29 is 4.39 Å². The number of halogens is 1. The fourth-order valence-corrected chi connectivity index (χ4v) is 2.22. The molecule has 2 aromatic rings. The number of nitrogens with zero attached hydrogens (tertiary/aromatic N) is 2. The second-order valence-corrected chi connectivity index (χ2v) is 4.39. The molecule has 0 aliphatic heterocycles. The number of nitrogens with two attached hydrogens (primary N) is 1. The van der Waals surface area contributed by atoms with Gasteiger partial charge < -0.3 is 5.73 Å². The normalized spacial score (nSPS) is 12.7. The zero-order valence-corrected chi connectivity index (χ0v) is 9.46. The van der Waals surface area contributed by atoms with Gasteiger partial charge in [-0.25, -0.2) is 9.37 Å². The van der Waals surface area contributed by atoms with E-state index >= 15 is 0 Å². The zero-order chi connectivity index (χ0) is 11.5. The van der Waals surface area contributed by atoms with E-state index in [0.717, 1.165) is 10.5 Å². The molecule has 1 aromatic heterocycles. The van der Waals surface area contributed by atoms with Gasteiger partial charge in [-0.1, -0.05) is 11.8 Å². The topological polar surface area (TPSA) is 67.6 Å². The van der Waals surface area contributed by atoms with Crippen LogP contribution in [0.25, 0.3) is 0 Å². The van der Waals surface area contributed by atoms with Gasteiger partial charge in [0.1, 0.15) is 12.1 Å².